The summed E-state index contributed by atoms with van der Waals surface area (Å²) in [7, 11) is 0. The Bertz CT molecular complexity index is 608. The minimum atomic E-state index is -0.257. The number of aliphatic hydroxyl groups excluding tert-OH is 1. The molecule has 0 aromatic carbocycles. The Balaban J connectivity index is 1.58. The zero-order valence-electron chi connectivity index (χ0n) is 11.3. The predicted molar refractivity (Wildman–Crippen MR) is 76.2 cm³/mol. The third-order valence-corrected chi connectivity index (χ3v) is 4.07. The summed E-state index contributed by atoms with van der Waals surface area (Å²) in [6.45, 7) is 0.570. The van der Waals surface area contributed by atoms with Gasteiger partial charge in [0.25, 0.3) is 0 Å². The fourth-order valence-electron chi connectivity index (χ4n) is 2.89. The molecule has 5 nitrogen and oxygen atoms in total. The van der Waals surface area contributed by atoms with E-state index in [4.69, 9.17) is 0 Å². The van der Waals surface area contributed by atoms with Gasteiger partial charge in [0.1, 0.15) is 5.65 Å². The van der Waals surface area contributed by atoms with Gasteiger partial charge < -0.3 is 15.4 Å². The van der Waals surface area contributed by atoms with E-state index in [-0.39, 0.29) is 17.9 Å². The molecule has 5 heteroatoms. The van der Waals surface area contributed by atoms with Crippen molar-refractivity contribution in [2.75, 3.05) is 6.54 Å². The number of hydrogen-bond acceptors (Lipinski definition) is 3. The maximum Gasteiger partial charge on any atom is 0.224 e. The highest BCUT2D eigenvalue weighted by Crippen LogP contribution is 2.24. The van der Waals surface area contributed by atoms with Crippen molar-refractivity contribution >= 4 is 16.9 Å². The molecule has 0 saturated heterocycles. The second-order valence-electron chi connectivity index (χ2n) is 5.45. The molecule has 1 fully saturated rings. The summed E-state index contributed by atoms with van der Waals surface area (Å²) in [5.74, 6) is 0.206. The number of pyridine rings is 1. The lowest BCUT2D eigenvalue weighted by atomic mass is 10.1. The van der Waals surface area contributed by atoms with E-state index in [1.54, 1.807) is 6.20 Å². The standard InChI is InChI=1S/C15H19N3O2/c19-13-5-1-3-10(13)8-17-14(20)7-11-9-18-15-12(11)4-2-6-16-15/h2,4,6,9-10,13,19H,1,3,5,7-8H2,(H,16,18)(H,17,20). The van der Waals surface area contributed by atoms with Crippen LogP contribution in [0.1, 0.15) is 24.8 Å². The molecule has 1 amide bonds. The zero-order valence-corrected chi connectivity index (χ0v) is 11.3. The molecular formula is C15H19N3O2. The molecule has 1 aliphatic carbocycles. The predicted octanol–water partition coefficient (Wildman–Crippen LogP) is 1.38. The van der Waals surface area contributed by atoms with Crippen LogP contribution in [0.4, 0.5) is 0 Å². The molecule has 1 aliphatic rings. The number of hydrogen-bond donors (Lipinski definition) is 3. The lowest BCUT2D eigenvalue weighted by molar-refractivity contribution is -0.120. The summed E-state index contributed by atoms with van der Waals surface area (Å²) in [4.78, 5) is 19.3. The molecule has 106 valence electrons. The Morgan fingerprint density at radius 2 is 2.40 bits per heavy atom. The number of nitrogens with one attached hydrogen (secondary N) is 2. The summed E-state index contributed by atoms with van der Waals surface area (Å²) < 4.78 is 0. The first-order chi connectivity index (χ1) is 9.74. The number of nitrogens with zero attached hydrogens (tertiary/aromatic N) is 1. The molecule has 2 unspecified atom stereocenters. The van der Waals surface area contributed by atoms with E-state index in [0.717, 1.165) is 35.9 Å². The van der Waals surface area contributed by atoms with Gasteiger partial charge >= 0.3 is 0 Å². The minimum Gasteiger partial charge on any atom is -0.393 e. The highest BCUT2D eigenvalue weighted by atomic mass is 16.3. The topological polar surface area (TPSA) is 78.0 Å². The monoisotopic (exact) mass is 273 g/mol. The highest BCUT2D eigenvalue weighted by Gasteiger charge is 2.25. The van der Waals surface area contributed by atoms with Crippen LogP contribution in [0.2, 0.25) is 0 Å². The largest absolute Gasteiger partial charge is 0.393 e. The molecule has 0 radical (unpaired) electrons. The van der Waals surface area contributed by atoms with E-state index in [1.165, 1.54) is 0 Å². The molecule has 3 rings (SSSR count). The number of aromatic amines is 1. The fraction of sp³-hybridized carbons (Fsp3) is 0.467. The van der Waals surface area contributed by atoms with Gasteiger partial charge in [0, 0.05) is 30.2 Å². The second kappa shape index (κ2) is 5.63. The van der Waals surface area contributed by atoms with Crippen molar-refractivity contribution in [1.29, 1.82) is 0 Å². The molecule has 2 heterocycles. The third kappa shape index (κ3) is 2.67. The van der Waals surface area contributed by atoms with E-state index >= 15 is 0 Å². The average Bonchev–Trinajstić information content (AvgIpc) is 3.04. The lowest BCUT2D eigenvalue weighted by Gasteiger charge is -2.14. The molecule has 0 aliphatic heterocycles. The van der Waals surface area contributed by atoms with Gasteiger partial charge in [0.15, 0.2) is 0 Å². The van der Waals surface area contributed by atoms with Gasteiger partial charge in [0.05, 0.1) is 12.5 Å². The molecule has 0 bridgehead atoms. The first-order valence-electron chi connectivity index (χ1n) is 7.10. The van der Waals surface area contributed by atoms with Crippen LogP contribution in [0.15, 0.2) is 24.5 Å². The van der Waals surface area contributed by atoms with Crippen molar-refractivity contribution in [3.05, 3.63) is 30.1 Å². The maximum absolute atomic E-state index is 12.0. The SMILES string of the molecule is O=C(Cc1c[nH]c2ncccc12)NCC1CCCC1O. The van der Waals surface area contributed by atoms with Crippen LogP contribution in [0.5, 0.6) is 0 Å². The normalized spacial score (nSPS) is 22.2. The van der Waals surface area contributed by atoms with Crippen LogP contribution in [0.3, 0.4) is 0 Å². The molecule has 1 saturated carbocycles. The Hall–Kier alpha value is -1.88. The summed E-state index contributed by atoms with van der Waals surface area (Å²) >= 11 is 0. The minimum absolute atomic E-state index is 0.00569. The van der Waals surface area contributed by atoms with Gasteiger partial charge in [0.2, 0.25) is 5.91 Å². The van der Waals surface area contributed by atoms with Crippen molar-refractivity contribution < 1.29 is 9.90 Å². The molecule has 20 heavy (non-hydrogen) atoms. The molecule has 3 N–H and O–H groups in total. The van der Waals surface area contributed by atoms with Gasteiger partial charge in [-0.15, -0.1) is 0 Å². The van der Waals surface area contributed by atoms with E-state index in [9.17, 15) is 9.90 Å². The summed E-state index contributed by atoms with van der Waals surface area (Å²) in [5.41, 5.74) is 1.76. The van der Waals surface area contributed by atoms with Crippen molar-refractivity contribution in [1.82, 2.24) is 15.3 Å². The average molecular weight is 273 g/mol. The quantitative estimate of drug-likeness (QED) is 0.787. The van der Waals surface area contributed by atoms with E-state index in [1.807, 2.05) is 18.3 Å². The van der Waals surface area contributed by atoms with Crippen LogP contribution in [-0.2, 0) is 11.2 Å². The first-order valence-corrected chi connectivity index (χ1v) is 7.10. The summed E-state index contributed by atoms with van der Waals surface area (Å²) in [6.07, 6.45) is 6.55. The number of aliphatic hydroxyl groups is 1. The molecule has 0 spiro atoms. The summed E-state index contributed by atoms with van der Waals surface area (Å²) in [6, 6.07) is 3.83. The number of rotatable bonds is 4. The number of fused-ring (bicyclic) bond motifs is 1. The van der Waals surface area contributed by atoms with E-state index in [2.05, 4.69) is 15.3 Å². The van der Waals surface area contributed by atoms with Crippen LogP contribution in [-0.4, -0.2) is 33.6 Å². The van der Waals surface area contributed by atoms with Crippen LogP contribution < -0.4 is 5.32 Å². The number of carbonyl (C=O) groups excluding carboxylic acids is 1. The van der Waals surface area contributed by atoms with Crippen molar-refractivity contribution in [2.24, 2.45) is 5.92 Å². The maximum atomic E-state index is 12.0. The van der Waals surface area contributed by atoms with Gasteiger partial charge in [-0.05, 0) is 30.5 Å². The second-order valence-corrected chi connectivity index (χ2v) is 5.45. The number of carbonyl (C=O) groups is 1. The lowest BCUT2D eigenvalue weighted by Crippen LogP contribution is -2.33. The van der Waals surface area contributed by atoms with Crippen molar-refractivity contribution in [3.63, 3.8) is 0 Å². The van der Waals surface area contributed by atoms with E-state index < -0.39 is 0 Å². The van der Waals surface area contributed by atoms with E-state index in [0.29, 0.717) is 13.0 Å². The van der Waals surface area contributed by atoms with Gasteiger partial charge in [-0.2, -0.15) is 0 Å². The van der Waals surface area contributed by atoms with Crippen LogP contribution in [0, 0.1) is 5.92 Å². The van der Waals surface area contributed by atoms with Crippen molar-refractivity contribution in [3.8, 4) is 0 Å². The van der Waals surface area contributed by atoms with Gasteiger partial charge in [-0.1, -0.05) is 6.42 Å². The Kier molecular flexibility index (Phi) is 3.69. The number of H-pyrrole nitrogens is 1. The Morgan fingerprint density at radius 3 is 3.20 bits per heavy atom. The van der Waals surface area contributed by atoms with Crippen molar-refractivity contribution in [2.45, 2.75) is 31.8 Å². The Labute approximate surface area is 117 Å². The molecule has 2 aromatic rings. The summed E-state index contributed by atoms with van der Waals surface area (Å²) in [5, 5.41) is 13.6. The highest BCUT2D eigenvalue weighted by molar-refractivity contribution is 5.87. The molecule has 2 atom stereocenters. The Morgan fingerprint density at radius 1 is 1.50 bits per heavy atom. The van der Waals surface area contributed by atoms with Gasteiger partial charge in [-0.25, -0.2) is 4.98 Å². The number of aromatic nitrogens is 2. The fourth-order valence-corrected chi connectivity index (χ4v) is 2.89. The van der Waals surface area contributed by atoms with Gasteiger partial charge in [-0.3, -0.25) is 4.79 Å². The third-order valence-electron chi connectivity index (χ3n) is 4.07. The zero-order chi connectivity index (χ0) is 13.9. The molecular weight excluding hydrogens is 254 g/mol. The molecule has 2 aromatic heterocycles. The van der Waals surface area contributed by atoms with Crippen LogP contribution >= 0.6 is 0 Å². The smallest absolute Gasteiger partial charge is 0.224 e. The first kappa shape index (κ1) is 13.1. The van der Waals surface area contributed by atoms with Crippen LogP contribution in [0.25, 0.3) is 11.0 Å². The number of amides is 1.